The molecule has 0 aliphatic heterocycles. The van der Waals surface area contributed by atoms with E-state index in [2.05, 4.69) is 5.10 Å². The van der Waals surface area contributed by atoms with E-state index in [0.717, 1.165) is 11.3 Å². The predicted octanol–water partition coefficient (Wildman–Crippen LogP) is 0.518. The van der Waals surface area contributed by atoms with E-state index >= 15 is 0 Å². The number of benzene rings is 1. The Hall–Kier alpha value is -2.34. The van der Waals surface area contributed by atoms with E-state index in [4.69, 9.17) is 9.84 Å². The minimum atomic E-state index is -0.295. The number of aromatic nitrogens is 2. The summed E-state index contributed by atoms with van der Waals surface area (Å²) in [6.07, 6.45) is 0.857. The Morgan fingerprint density at radius 2 is 1.95 bits per heavy atom. The summed E-state index contributed by atoms with van der Waals surface area (Å²) in [5.41, 5.74) is 0.728. The number of nitrogens with one attached hydrogen (secondary N) is 1. The summed E-state index contributed by atoms with van der Waals surface area (Å²) in [4.78, 5) is 23.9. The van der Waals surface area contributed by atoms with Gasteiger partial charge in [-0.1, -0.05) is 12.1 Å². The van der Waals surface area contributed by atoms with Crippen LogP contribution in [-0.2, 0) is 13.0 Å². The highest BCUT2D eigenvalue weighted by Crippen LogP contribution is 2.11. The van der Waals surface area contributed by atoms with Gasteiger partial charge in [0.2, 0.25) is 0 Å². The van der Waals surface area contributed by atoms with Gasteiger partial charge in [0.1, 0.15) is 5.75 Å². The smallest absolute Gasteiger partial charge is 0.266 e. The Morgan fingerprint density at radius 3 is 2.57 bits per heavy atom. The lowest BCUT2D eigenvalue weighted by Gasteiger charge is -2.07. The van der Waals surface area contributed by atoms with Gasteiger partial charge in [0, 0.05) is 18.2 Å². The van der Waals surface area contributed by atoms with Crippen molar-refractivity contribution in [3.63, 3.8) is 0 Å². The molecule has 1 aromatic carbocycles. The molecule has 6 heteroatoms. The van der Waals surface area contributed by atoms with Crippen LogP contribution in [0.1, 0.15) is 17.5 Å². The molecule has 0 unspecified atom stereocenters. The van der Waals surface area contributed by atoms with Crippen LogP contribution in [0.15, 0.2) is 39.9 Å². The Bertz CT molecular complexity index is 701. The van der Waals surface area contributed by atoms with Gasteiger partial charge in [-0.2, -0.15) is 0 Å². The lowest BCUT2D eigenvalue weighted by atomic mass is 10.2. The molecule has 2 N–H and O–H groups in total. The molecule has 0 saturated carbocycles. The molecule has 2 aromatic rings. The van der Waals surface area contributed by atoms with Gasteiger partial charge in [0.25, 0.3) is 11.1 Å². The Kier molecular flexibility index (Phi) is 4.94. The van der Waals surface area contributed by atoms with Gasteiger partial charge in [0.05, 0.1) is 13.7 Å². The molecule has 0 bridgehead atoms. The van der Waals surface area contributed by atoms with Gasteiger partial charge < -0.3 is 9.84 Å². The van der Waals surface area contributed by atoms with Crippen molar-refractivity contribution in [3.05, 3.63) is 62.2 Å². The molecule has 0 aliphatic carbocycles. The summed E-state index contributed by atoms with van der Waals surface area (Å²) in [6, 6.07) is 8.60. The highest BCUT2D eigenvalue weighted by Gasteiger charge is 2.05. The van der Waals surface area contributed by atoms with Crippen molar-refractivity contribution in [2.24, 2.45) is 0 Å². The number of aliphatic hydroxyl groups excluding tert-OH is 1. The third-order valence-corrected chi connectivity index (χ3v) is 3.20. The maximum atomic E-state index is 12.0. The Labute approximate surface area is 121 Å². The average Bonchev–Trinajstić information content (AvgIpc) is 2.50. The van der Waals surface area contributed by atoms with Crippen molar-refractivity contribution in [2.45, 2.75) is 19.4 Å². The van der Waals surface area contributed by atoms with Gasteiger partial charge in [0.15, 0.2) is 0 Å². The minimum absolute atomic E-state index is 0.00558. The molecule has 21 heavy (non-hydrogen) atoms. The zero-order valence-electron chi connectivity index (χ0n) is 11.8. The normalized spacial score (nSPS) is 10.6. The van der Waals surface area contributed by atoms with E-state index in [1.165, 1.54) is 10.7 Å². The standard InChI is InChI=1S/C15H18N2O4/c1-21-13-6-4-11(5-7-13)10-17-14(19)9-12(3-2-8-18)15(20)16-17/h4-7,9,18H,2-3,8,10H2,1H3,(H,16,20). The number of aromatic amines is 1. The minimum Gasteiger partial charge on any atom is -0.497 e. The molecule has 0 spiro atoms. The molecule has 0 amide bonds. The van der Waals surface area contributed by atoms with Gasteiger partial charge in [-0.25, -0.2) is 4.68 Å². The molecule has 0 radical (unpaired) electrons. The number of aryl methyl sites for hydroxylation is 1. The second kappa shape index (κ2) is 6.90. The van der Waals surface area contributed by atoms with Crippen molar-refractivity contribution in [3.8, 4) is 5.75 Å². The molecule has 0 fully saturated rings. The predicted molar refractivity (Wildman–Crippen MR) is 78.8 cm³/mol. The van der Waals surface area contributed by atoms with Gasteiger partial charge in [-0.05, 0) is 30.5 Å². The van der Waals surface area contributed by atoms with Gasteiger partial charge in [-0.15, -0.1) is 0 Å². The summed E-state index contributed by atoms with van der Waals surface area (Å²) in [7, 11) is 1.59. The van der Waals surface area contributed by atoms with Crippen LogP contribution in [0.4, 0.5) is 0 Å². The molecular weight excluding hydrogens is 272 g/mol. The molecule has 6 nitrogen and oxygen atoms in total. The quantitative estimate of drug-likeness (QED) is 0.812. The summed E-state index contributed by atoms with van der Waals surface area (Å²) in [6.45, 7) is 0.284. The van der Waals surface area contributed by atoms with E-state index in [0.29, 0.717) is 24.9 Å². The monoisotopic (exact) mass is 290 g/mol. The number of hydrogen-bond donors (Lipinski definition) is 2. The Balaban J connectivity index is 2.22. The van der Waals surface area contributed by atoms with E-state index in [9.17, 15) is 9.59 Å². The fourth-order valence-corrected chi connectivity index (χ4v) is 2.03. The summed E-state index contributed by atoms with van der Waals surface area (Å²) in [5.74, 6) is 0.735. The largest absolute Gasteiger partial charge is 0.497 e. The van der Waals surface area contributed by atoms with Crippen molar-refractivity contribution in [1.29, 1.82) is 0 Å². The Morgan fingerprint density at radius 1 is 1.24 bits per heavy atom. The first kappa shape index (κ1) is 15.1. The van der Waals surface area contributed by atoms with Crippen molar-refractivity contribution in [1.82, 2.24) is 9.78 Å². The van der Waals surface area contributed by atoms with E-state index in [-0.39, 0.29) is 17.7 Å². The molecular formula is C15H18N2O4. The lowest BCUT2D eigenvalue weighted by Crippen LogP contribution is -2.31. The van der Waals surface area contributed by atoms with Crippen LogP contribution in [0, 0.1) is 0 Å². The van der Waals surface area contributed by atoms with E-state index in [1.807, 2.05) is 12.1 Å². The first-order valence-electron chi connectivity index (χ1n) is 6.71. The van der Waals surface area contributed by atoms with Gasteiger partial charge >= 0.3 is 0 Å². The maximum Gasteiger partial charge on any atom is 0.266 e. The number of ether oxygens (including phenoxy) is 1. The second-order valence-electron chi connectivity index (χ2n) is 4.71. The molecule has 1 aromatic heterocycles. The summed E-state index contributed by atoms with van der Waals surface area (Å²) < 4.78 is 6.34. The van der Waals surface area contributed by atoms with Crippen LogP contribution in [0.3, 0.4) is 0 Å². The zero-order chi connectivity index (χ0) is 15.2. The number of methoxy groups -OCH3 is 1. The zero-order valence-corrected chi connectivity index (χ0v) is 11.8. The van der Waals surface area contributed by atoms with Crippen LogP contribution in [0.25, 0.3) is 0 Å². The van der Waals surface area contributed by atoms with Crippen molar-refractivity contribution >= 4 is 0 Å². The number of aliphatic hydroxyl groups is 1. The molecule has 1 heterocycles. The first-order chi connectivity index (χ1) is 10.1. The second-order valence-corrected chi connectivity index (χ2v) is 4.71. The van der Waals surface area contributed by atoms with Crippen LogP contribution < -0.4 is 15.9 Å². The highest BCUT2D eigenvalue weighted by molar-refractivity contribution is 5.27. The molecule has 0 aliphatic rings. The van der Waals surface area contributed by atoms with E-state index < -0.39 is 0 Å². The summed E-state index contributed by atoms with van der Waals surface area (Å²) >= 11 is 0. The van der Waals surface area contributed by atoms with Gasteiger partial charge in [-0.3, -0.25) is 14.7 Å². The highest BCUT2D eigenvalue weighted by atomic mass is 16.5. The third kappa shape index (κ3) is 3.82. The third-order valence-electron chi connectivity index (χ3n) is 3.20. The van der Waals surface area contributed by atoms with Crippen LogP contribution in [-0.4, -0.2) is 28.6 Å². The maximum absolute atomic E-state index is 12.0. The van der Waals surface area contributed by atoms with Crippen LogP contribution in [0.5, 0.6) is 5.75 Å². The fraction of sp³-hybridized carbons (Fsp3) is 0.333. The SMILES string of the molecule is COc1ccc(Cn2[nH]c(=O)c(CCCO)cc2=O)cc1. The summed E-state index contributed by atoms with van der Waals surface area (Å²) in [5, 5.41) is 11.3. The van der Waals surface area contributed by atoms with Crippen LogP contribution >= 0.6 is 0 Å². The molecule has 0 atom stereocenters. The van der Waals surface area contributed by atoms with Crippen molar-refractivity contribution in [2.75, 3.05) is 13.7 Å². The molecule has 0 saturated heterocycles. The molecule has 2 rings (SSSR count). The number of hydrogen-bond acceptors (Lipinski definition) is 4. The number of H-pyrrole nitrogens is 1. The topological polar surface area (TPSA) is 84.3 Å². The fourth-order valence-electron chi connectivity index (χ4n) is 2.03. The number of rotatable bonds is 6. The number of nitrogens with zero attached hydrogens (tertiary/aromatic N) is 1. The van der Waals surface area contributed by atoms with Crippen LogP contribution in [0.2, 0.25) is 0 Å². The molecule has 112 valence electrons. The average molecular weight is 290 g/mol. The van der Waals surface area contributed by atoms with E-state index in [1.54, 1.807) is 19.2 Å². The van der Waals surface area contributed by atoms with Crippen molar-refractivity contribution < 1.29 is 9.84 Å². The lowest BCUT2D eigenvalue weighted by molar-refractivity contribution is 0.288. The first-order valence-corrected chi connectivity index (χ1v) is 6.71.